The molecule has 110 valence electrons. The Kier molecular flexibility index (Phi) is 5.08. The van der Waals surface area contributed by atoms with Gasteiger partial charge in [-0.25, -0.2) is 0 Å². The van der Waals surface area contributed by atoms with E-state index in [9.17, 15) is 4.79 Å². The highest BCUT2D eigenvalue weighted by molar-refractivity contribution is 9.10. The van der Waals surface area contributed by atoms with E-state index in [-0.39, 0.29) is 5.91 Å². The maximum Gasteiger partial charge on any atom is 0.257 e. The van der Waals surface area contributed by atoms with Gasteiger partial charge in [0.2, 0.25) is 0 Å². The largest absolute Gasteiger partial charge is 0.496 e. The fourth-order valence-corrected chi connectivity index (χ4v) is 3.29. The van der Waals surface area contributed by atoms with Crippen LogP contribution in [-0.2, 0) is 0 Å². The summed E-state index contributed by atoms with van der Waals surface area (Å²) < 4.78 is 6.24. The summed E-state index contributed by atoms with van der Waals surface area (Å²) >= 11 is 3.40. The molecular formula is C16H22BrNO2. The second-order valence-corrected chi connectivity index (χ2v) is 6.60. The molecule has 0 bridgehead atoms. The molecule has 1 aromatic carbocycles. The van der Waals surface area contributed by atoms with Gasteiger partial charge in [-0.3, -0.25) is 4.79 Å². The molecule has 1 aliphatic rings. The van der Waals surface area contributed by atoms with Crippen LogP contribution < -0.4 is 4.74 Å². The summed E-state index contributed by atoms with van der Waals surface area (Å²) in [6, 6.07) is 5.89. The Balaban J connectivity index is 2.18. The zero-order valence-electron chi connectivity index (χ0n) is 12.4. The minimum absolute atomic E-state index is 0.0495. The third-order valence-electron chi connectivity index (χ3n) is 4.17. The van der Waals surface area contributed by atoms with Crippen LogP contribution in [0.3, 0.4) is 0 Å². The topological polar surface area (TPSA) is 29.5 Å². The SMILES string of the molecule is COc1cc(Br)ccc1C(=O)N(C)C1CCCC(C)C1. The Hall–Kier alpha value is -1.03. The van der Waals surface area contributed by atoms with E-state index in [0.717, 1.165) is 17.3 Å². The van der Waals surface area contributed by atoms with Crippen LogP contribution >= 0.6 is 15.9 Å². The van der Waals surface area contributed by atoms with Crippen LogP contribution in [0, 0.1) is 5.92 Å². The van der Waals surface area contributed by atoms with Gasteiger partial charge >= 0.3 is 0 Å². The number of carbonyl (C=O) groups is 1. The van der Waals surface area contributed by atoms with Gasteiger partial charge in [-0.05, 0) is 37.0 Å². The Morgan fingerprint density at radius 2 is 2.15 bits per heavy atom. The number of carbonyl (C=O) groups excluding carboxylic acids is 1. The summed E-state index contributed by atoms with van der Waals surface area (Å²) in [7, 11) is 3.51. The number of ether oxygens (including phenoxy) is 1. The van der Waals surface area contributed by atoms with Crippen LogP contribution in [0.5, 0.6) is 5.75 Å². The molecule has 0 N–H and O–H groups in total. The second-order valence-electron chi connectivity index (χ2n) is 5.69. The highest BCUT2D eigenvalue weighted by Gasteiger charge is 2.27. The molecule has 0 aromatic heterocycles. The van der Waals surface area contributed by atoms with Crippen molar-refractivity contribution in [1.29, 1.82) is 0 Å². The minimum Gasteiger partial charge on any atom is -0.496 e. The summed E-state index contributed by atoms with van der Waals surface area (Å²) in [6.45, 7) is 2.27. The molecule has 2 rings (SSSR count). The first-order chi connectivity index (χ1) is 9.52. The van der Waals surface area contributed by atoms with Crippen molar-refractivity contribution >= 4 is 21.8 Å². The standard InChI is InChI=1S/C16H22BrNO2/c1-11-5-4-6-13(9-11)18(2)16(19)14-8-7-12(17)10-15(14)20-3/h7-8,10-11,13H,4-6,9H2,1-3H3. The third-order valence-corrected chi connectivity index (χ3v) is 4.66. The van der Waals surface area contributed by atoms with E-state index in [1.54, 1.807) is 7.11 Å². The molecule has 0 heterocycles. The van der Waals surface area contributed by atoms with E-state index in [1.807, 2.05) is 30.1 Å². The van der Waals surface area contributed by atoms with Gasteiger partial charge in [-0.2, -0.15) is 0 Å². The molecule has 3 nitrogen and oxygen atoms in total. The van der Waals surface area contributed by atoms with Gasteiger partial charge in [0.15, 0.2) is 0 Å². The van der Waals surface area contributed by atoms with E-state index in [0.29, 0.717) is 23.3 Å². The van der Waals surface area contributed by atoms with Crippen molar-refractivity contribution in [2.45, 2.75) is 38.6 Å². The van der Waals surface area contributed by atoms with E-state index in [4.69, 9.17) is 4.74 Å². The van der Waals surface area contributed by atoms with E-state index < -0.39 is 0 Å². The van der Waals surface area contributed by atoms with Crippen molar-refractivity contribution in [2.75, 3.05) is 14.2 Å². The first kappa shape index (κ1) is 15.4. The number of hydrogen-bond donors (Lipinski definition) is 0. The van der Waals surface area contributed by atoms with Gasteiger partial charge in [-0.15, -0.1) is 0 Å². The Morgan fingerprint density at radius 1 is 1.40 bits per heavy atom. The van der Waals surface area contributed by atoms with E-state index in [1.165, 1.54) is 12.8 Å². The maximum absolute atomic E-state index is 12.7. The normalized spacial score (nSPS) is 22.4. The van der Waals surface area contributed by atoms with Crippen molar-refractivity contribution in [1.82, 2.24) is 4.90 Å². The van der Waals surface area contributed by atoms with Crippen molar-refractivity contribution in [2.24, 2.45) is 5.92 Å². The highest BCUT2D eigenvalue weighted by atomic mass is 79.9. The number of rotatable bonds is 3. The first-order valence-corrected chi connectivity index (χ1v) is 7.93. The zero-order chi connectivity index (χ0) is 14.7. The molecule has 0 spiro atoms. The lowest BCUT2D eigenvalue weighted by atomic mass is 9.86. The molecule has 1 aromatic rings. The maximum atomic E-state index is 12.7. The molecular weight excluding hydrogens is 318 g/mol. The van der Waals surface area contributed by atoms with Crippen molar-refractivity contribution in [3.63, 3.8) is 0 Å². The number of amides is 1. The lowest BCUT2D eigenvalue weighted by Crippen LogP contribution is -2.39. The van der Waals surface area contributed by atoms with Crippen LogP contribution in [-0.4, -0.2) is 31.0 Å². The van der Waals surface area contributed by atoms with Crippen molar-refractivity contribution < 1.29 is 9.53 Å². The van der Waals surface area contributed by atoms with Crippen LogP contribution in [0.2, 0.25) is 0 Å². The second kappa shape index (κ2) is 6.61. The van der Waals surface area contributed by atoms with Gasteiger partial charge < -0.3 is 9.64 Å². The number of methoxy groups -OCH3 is 1. The molecule has 2 atom stereocenters. The fourth-order valence-electron chi connectivity index (χ4n) is 2.95. The monoisotopic (exact) mass is 339 g/mol. The third kappa shape index (κ3) is 3.35. The Labute approximate surface area is 129 Å². The summed E-state index contributed by atoms with van der Waals surface area (Å²) in [4.78, 5) is 14.6. The predicted octanol–water partition coefficient (Wildman–Crippen LogP) is 4.11. The van der Waals surface area contributed by atoms with Gasteiger partial charge in [0.1, 0.15) is 5.75 Å². The molecule has 0 saturated heterocycles. The molecule has 0 aliphatic heterocycles. The Morgan fingerprint density at radius 3 is 2.80 bits per heavy atom. The van der Waals surface area contributed by atoms with Gasteiger partial charge in [-0.1, -0.05) is 35.7 Å². The van der Waals surface area contributed by atoms with Gasteiger partial charge in [0.05, 0.1) is 12.7 Å². The first-order valence-electron chi connectivity index (χ1n) is 7.13. The van der Waals surface area contributed by atoms with Crippen LogP contribution in [0.4, 0.5) is 0 Å². The molecule has 4 heteroatoms. The van der Waals surface area contributed by atoms with Crippen LogP contribution in [0.25, 0.3) is 0 Å². The molecule has 1 aliphatic carbocycles. The summed E-state index contributed by atoms with van der Waals surface area (Å²) in [5.41, 5.74) is 0.636. The lowest BCUT2D eigenvalue weighted by molar-refractivity contribution is 0.0669. The lowest BCUT2D eigenvalue weighted by Gasteiger charge is -2.34. The number of hydrogen-bond acceptors (Lipinski definition) is 2. The van der Waals surface area contributed by atoms with Crippen LogP contribution in [0.15, 0.2) is 22.7 Å². The molecule has 2 unspecified atom stereocenters. The van der Waals surface area contributed by atoms with Crippen molar-refractivity contribution in [3.8, 4) is 5.75 Å². The predicted molar refractivity (Wildman–Crippen MR) is 84.2 cm³/mol. The zero-order valence-corrected chi connectivity index (χ0v) is 13.9. The molecule has 1 amide bonds. The minimum atomic E-state index is 0.0495. The quantitative estimate of drug-likeness (QED) is 0.829. The molecule has 1 fully saturated rings. The average Bonchev–Trinajstić information content (AvgIpc) is 2.45. The average molecular weight is 340 g/mol. The summed E-state index contributed by atoms with van der Waals surface area (Å²) in [6.07, 6.45) is 4.69. The molecule has 0 radical (unpaired) electrons. The van der Waals surface area contributed by atoms with E-state index >= 15 is 0 Å². The fraction of sp³-hybridized carbons (Fsp3) is 0.562. The molecule has 20 heavy (non-hydrogen) atoms. The van der Waals surface area contributed by atoms with Crippen molar-refractivity contribution in [3.05, 3.63) is 28.2 Å². The Bertz CT molecular complexity index is 489. The number of benzene rings is 1. The molecule has 1 saturated carbocycles. The van der Waals surface area contributed by atoms with Gasteiger partial charge in [0.25, 0.3) is 5.91 Å². The van der Waals surface area contributed by atoms with Crippen LogP contribution in [0.1, 0.15) is 43.0 Å². The summed E-state index contributed by atoms with van der Waals surface area (Å²) in [5.74, 6) is 1.38. The number of halogens is 1. The highest BCUT2D eigenvalue weighted by Crippen LogP contribution is 2.30. The smallest absolute Gasteiger partial charge is 0.257 e. The van der Waals surface area contributed by atoms with Gasteiger partial charge in [0, 0.05) is 17.6 Å². The van der Waals surface area contributed by atoms with E-state index in [2.05, 4.69) is 22.9 Å². The summed E-state index contributed by atoms with van der Waals surface area (Å²) in [5, 5.41) is 0. The number of nitrogens with zero attached hydrogens (tertiary/aromatic N) is 1.